The number of carbonyl (C=O) groups is 1. The Morgan fingerprint density at radius 3 is 2.54 bits per heavy atom. The van der Waals surface area contributed by atoms with Gasteiger partial charge in [0.2, 0.25) is 0 Å². The van der Waals surface area contributed by atoms with E-state index in [2.05, 4.69) is 5.10 Å². The van der Waals surface area contributed by atoms with Crippen LogP contribution >= 0.6 is 0 Å². The van der Waals surface area contributed by atoms with Gasteiger partial charge in [-0.15, -0.1) is 0 Å². The third-order valence-electron chi connectivity index (χ3n) is 4.33. The van der Waals surface area contributed by atoms with Gasteiger partial charge in [-0.25, -0.2) is 4.79 Å². The van der Waals surface area contributed by atoms with Crippen LogP contribution in [0.4, 0.5) is 0 Å². The molecule has 0 saturated heterocycles. The van der Waals surface area contributed by atoms with Crippen molar-refractivity contribution in [3.05, 3.63) is 40.7 Å². The second kappa shape index (κ2) is 6.77. The minimum atomic E-state index is -0.729. The minimum absolute atomic E-state index is 0.334. The molecule has 2 rings (SSSR count). The largest absolute Gasteiger partial charge is 0.465 e. The highest BCUT2D eigenvalue weighted by molar-refractivity contribution is 5.93. The van der Waals surface area contributed by atoms with Gasteiger partial charge in [-0.3, -0.25) is 4.68 Å². The second-order valence-electron chi connectivity index (χ2n) is 6.80. The molecule has 5 nitrogen and oxygen atoms in total. The van der Waals surface area contributed by atoms with Crippen LogP contribution in [-0.4, -0.2) is 33.6 Å². The van der Waals surface area contributed by atoms with Crippen LogP contribution in [0.3, 0.4) is 0 Å². The third-order valence-corrected chi connectivity index (χ3v) is 4.33. The van der Waals surface area contributed by atoms with Crippen LogP contribution in [0, 0.1) is 20.8 Å². The maximum atomic E-state index is 11.9. The fourth-order valence-corrected chi connectivity index (χ4v) is 2.92. The van der Waals surface area contributed by atoms with Gasteiger partial charge in [0.05, 0.1) is 24.0 Å². The SMILES string of the molecule is COC(=O)c1cccc(-c2c(C)nn(CCC(C)(C)O)c2C)c1C. The van der Waals surface area contributed by atoms with E-state index in [4.69, 9.17) is 4.74 Å². The summed E-state index contributed by atoms with van der Waals surface area (Å²) in [6.07, 6.45) is 0.621. The first-order valence-corrected chi connectivity index (χ1v) is 8.10. The standard InChI is InChI=1S/C19H26N2O3/c1-12-15(8-7-9-16(12)18(22)24-6)17-13(2)20-21(14(17)3)11-10-19(4,5)23/h7-9,23H,10-11H2,1-6H3. The van der Waals surface area contributed by atoms with Gasteiger partial charge in [0, 0.05) is 17.8 Å². The quantitative estimate of drug-likeness (QED) is 0.853. The number of hydrogen-bond donors (Lipinski definition) is 1. The lowest BCUT2D eigenvalue weighted by molar-refractivity contribution is 0.0599. The van der Waals surface area contributed by atoms with Crippen LogP contribution in [-0.2, 0) is 11.3 Å². The van der Waals surface area contributed by atoms with Gasteiger partial charge in [0.1, 0.15) is 0 Å². The van der Waals surface area contributed by atoms with Gasteiger partial charge >= 0.3 is 5.97 Å². The molecule has 0 spiro atoms. The molecule has 0 saturated carbocycles. The van der Waals surface area contributed by atoms with E-state index in [0.717, 1.165) is 28.1 Å². The Kier molecular flexibility index (Phi) is 5.13. The molecule has 2 aromatic rings. The number of benzene rings is 1. The number of nitrogens with zero attached hydrogens (tertiary/aromatic N) is 2. The van der Waals surface area contributed by atoms with Crippen molar-refractivity contribution in [2.75, 3.05) is 7.11 Å². The highest BCUT2D eigenvalue weighted by Gasteiger charge is 2.20. The molecule has 5 heteroatoms. The summed E-state index contributed by atoms with van der Waals surface area (Å²) in [5.41, 5.74) is 4.69. The molecule has 0 fully saturated rings. The van der Waals surface area contributed by atoms with Crippen LogP contribution in [0.15, 0.2) is 18.2 Å². The van der Waals surface area contributed by atoms with E-state index in [-0.39, 0.29) is 5.97 Å². The summed E-state index contributed by atoms with van der Waals surface area (Å²) in [5.74, 6) is -0.334. The Labute approximate surface area is 143 Å². The van der Waals surface area contributed by atoms with E-state index in [1.54, 1.807) is 19.9 Å². The molecule has 1 heterocycles. The third kappa shape index (κ3) is 3.67. The molecule has 0 unspecified atom stereocenters. The van der Waals surface area contributed by atoms with Crippen LogP contribution in [0.1, 0.15) is 47.6 Å². The van der Waals surface area contributed by atoms with Crippen molar-refractivity contribution in [1.82, 2.24) is 9.78 Å². The molecule has 0 aliphatic rings. The molecule has 1 N–H and O–H groups in total. The molecule has 0 bridgehead atoms. The van der Waals surface area contributed by atoms with E-state index >= 15 is 0 Å². The first-order chi connectivity index (χ1) is 11.2. The molecule has 0 radical (unpaired) electrons. The van der Waals surface area contributed by atoms with Gasteiger partial charge in [-0.1, -0.05) is 12.1 Å². The molecular formula is C19H26N2O3. The van der Waals surface area contributed by atoms with Crippen LogP contribution in [0.25, 0.3) is 11.1 Å². The van der Waals surface area contributed by atoms with E-state index in [1.807, 2.05) is 37.6 Å². The number of hydrogen-bond acceptors (Lipinski definition) is 4. The molecule has 1 aromatic heterocycles. The van der Waals surface area contributed by atoms with Crippen molar-refractivity contribution in [1.29, 1.82) is 0 Å². The predicted molar refractivity (Wildman–Crippen MR) is 94.1 cm³/mol. The molecule has 0 aliphatic carbocycles. The zero-order valence-electron chi connectivity index (χ0n) is 15.3. The fourth-order valence-electron chi connectivity index (χ4n) is 2.92. The first kappa shape index (κ1) is 18.2. The number of carbonyl (C=O) groups excluding carboxylic acids is 1. The summed E-state index contributed by atoms with van der Waals surface area (Å²) in [6, 6.07) is 5.63. The minimum Gasteiger partial charge on any atom is -0.465 e. The molecule has 24 heavy (non-hydrogen) atoms. The summed E-state index contributed by atoms with van der Waals surface area (Å²) < 4.78 is 6.79. The predicted octanol–water partition coefficient (Wildman–Crippen LogP) is 3.42. The molecule has 0 atom stereocenters. The maximum Gasteiger partial charge on any atom is 0.338 e. The van der Waals surface area contributed by atoms with Crippen molar-refractivity contribution < 1.29 is 14.6 Å². The van der Waals surface area contributed by atoms with Gasteiger partial charge in [-0.05, 0) is 58.2 Å². The smallest absolute Gasteiger partial charge is 0.338 e. The lowest BCUT2D eigenvalue weighted by atomic mass is 9.95. The van der Waals surface area contributed by atoms with Gasteiger partial charge in [0.15, 0.2) is 0 Å². The highest BCUT2D eigenvalue weighted by Crippen LogP contribution is 2.31. The summed E-state index contributed by atoms with van der Waals surface area (Å²) >= 11 is 0. The number of methoxy groups -OCH3 is 1. The van der Waals surface area contributed by atoms with E-state index in [9.17, 15) is 9.90 Å². The van der Waals surface area contributed by atoms with Crippen molar-refractivity contribution in [3.8, 4) is 11.1 Å². The number of aliphatic hydroxyl groups is 1. The Morgan fingerprint density at radius 2 is 1.96 bits per heavy atom. The summed E-state index contributed by atoms with van der Waals surface area (Å²) in [7, 11) is 1.39. The molecule has 130 valence electrons. The second-order valence-corrected chi connectivity index (χ2v) is 6.80. The average molecular weight is 330 g/mol. The van der Waals surface area contributed by atoms with Crippen molar-refractivity contribution in [2.24, 2.45) is 0 Å². The number of esters is 1. The Hall–Kier alpha value is -2.14. The summed E-state index contributed by atoms with van der Waals surface area (Å²) in [5, 5.41) is 14.6. The van der Waals surface area contributed by atoms with Crippen molar-refractivity contribution >= 4 is 5.97 Å². The topological polar surface area (TPSA) is 64.3 Å². The number of rotatable bonds is 5. The lowest BCUT2D eigenvalue weighted by Gasteiger charge is -2.17. The monoisotopic (exact) mass is 330 g/mol. The Balaban J connectivity index is 2.47. The van der Waals surface area contributed by atoms with Gasteiger partial charge in [0.25, 0.3) is 0 Å². The van der Waals surface area contributed by atoms with Crippen LogP contribution in [0.2, 0.25) is 0 Å². The van der Waals surface area contributed by atoms with Crippen LogP contribution in [0.5, 0.6) is 0 Å². The summed E-state index contributed by atoms with van der Waals surface area (Å²) in [6.45, 7) is 10.1. The average Bonchev–Trinajstić information content (AvgIpc) is 2.78. The number of aromatic nitrogens is 2. The fraction of sp³-hybridized carbons (Fsp3) is 0.474. The maximum absolute atomic E-state index is 11.9. The molecule has 0 aliphatic heterocycles. The van der Waals surface area contributed by atoms with Crippen molar-refractivity contribution in [3.63, 3.8) is 0 Å². The molecule has 1 aromatic carbocycles. The van der Waals surface area contributed by atoms with Gasteiger partial charge < -0.3 is 9.84 Å². The van der Waals surface area contributed by atoms with E-state index < -0.39 is 5.60 Å². The van der Waals surface area contributed by atoms with E-state index in [0.29, 0.717) is 18.5 Å². The first-order valence-electron chi connectivity index (χ1n) is 8.10. The Bertz CT molecular complexity index is 755. The zero-order valence-corrected chi connectivity index (χ0v) is 15.3. The lowest BCUT2D eigenvalue weighted by Crippen LogP contribution is -2.21. The zero-order chi connectivity index (χ0) is 18.1. The highest BCUT2D eigenvalue weighted by atomic mass is 16.5. The number of ether oxygens (including phenoxy) is 1. The summed E-state index contributed by atoms with van der Waals surface area (Å²) in [4.78, 5) is 11.9. The molecular weight excluding hydrogens is 304 g/mol. The normalized spacial score (nSPS) is 11.6. The molecule has 0 amide bonds. The van der Waals surface area contributed by atoms with E-state index in [1.165, 1.54) is 7.11 Å². The van der Waals surface area contributed by atoms with Crippen molar-refractivity contribution in [2.45, 2.75) is 53.2 Å². The van der Waals surface area contributed by atoms with Gasteiger partial charge in [-0.2, -0.15) is 5.10 Å². The number of aryl methyl sites for hydroxylation is 2. The Morgan fingerprint density at radius 1 is 1.29 bits per heavy atom. The van der Waals surface area contributed by atoms with Crippen LogP contribution < -0.4 is 0 Å².